The lowest BCUT2D eigenvalue weighted by molar-refractivity contribution is -0.296. The standard InChI is InChI=1S/C27H29FO5/c28-27-26(32-19-22-14-8-3-9-15-22)25(31-18-21-12-6-2-7-13-21)24(23(16-29)33-27)30-17-20-10-4-1-5-11-20/h1-15,23-27,29H,16-19H2/t23?,24-,25-,26?,27?/m0/s1. The summed E-state index contributed by atoms with van der Waals surface area (Å²) in [7, 11) is 0. The van der Waals surface area contributed by atoms with Crippen molar-refractivity contribution in [2.45, 2.75) is 50.6 Å². The molecule has 3 aromatic rings. The van der Waals surface area contributed by atoms with Crippen molar-refractivity contribution in [3.8, 4) is 0 Å². The summed E-state index contributed by atoms with van der Waals surface area (Å²) in [4.78, 5) is 0. The molecule has 6 heteroatoms. The maximum Gasteiger partial charge on any atom is 0.228 e. The Labute approximate surface area is 193 Å². The molecule has 3 aromatic carbocycles. The second kappa shape index (κ2) is 12.0. The Morgan fingerprint density at radius 2 is 1.00 bits per heavy atom. The fraction of sp³-hybridized carbons (Fsp3) is 0.333. The number of benzene rings is 3. The highest BCUT2D eigenvalue weighted by Crippen LogP contribution is 2.30. The Bertz CT molecular complexity index is 941. The number of hydrogen-bond donors (Lipinski definition) is 1. The molecule has 1 heterocycles. The Hall–Kier alpha value is -2.61. The molecule has 0 aliphatic carbocycles. The van der Waals surface area contributed by atoms with Gasteiger partial charge in [-0.2, -0.15) is 0 Å². The van der Waals surface area contributed by atoms with Crippen LogP contribution in [0.25, 0.3) is 0 Å². The number of rotatable bonds is 10. The summed E-state index contributed by atoms with van der Waals surface area (Å²) in [6.07, 6.45) is -5.15. The number of alkyl halides is 1. The lowest BCUT2D eigenvalue weighted by atomic mass is 9.98. The van der Waals surface area contributed by atoms with Gasteiger partial charge in [0, 0.05) is 0 Å². The molecule has 1 aliphatic rings. The summed E-state index contributed by atoms with van der Waals surface area (Å²) in [5, 5.41) is 9.91. The highest BCUT2D eigenvalue weighted by Gasteiger charge is 2.48. The third kappa shape index (κ3) is 6.47. The van der Waals surface area contributed by atoms with E-state index in [1.807, 2.05) is 91.0 Å². The van der Waals surface area contributed by atoms with E-state index in [0.29, 0.717) is 0 Å². The molecule has 0 amide bonds. The number of hydrogen-bond acceptors (Lipinski definition) is 5. The highest BCUT2D eigenvalue weighted by atomic mass is 19.1. The van der Waals surface area contributed by atoms with E-state index in [0.717, 1.165) is 16.7 Å². The maximum absolute atomic E-state index is 15.1. The zero-order valence-corrected chi connectivity index (χ0v) is 18.3. The molecule has 1 saturated heterocycles. The summed E-state index contributed by atoms with van der Waals surface area (Å²) in [5.41, 5.74) is 2.82. The average Bonchev–Trinajstić information content (AvgIpc) is 2.87. The molecule has 4 rings (SSSR count). The molecule has 0 saturated carbocycles. The van der Waals surface area contributed by atoms with E-state index in [4.69, 9.17) is 18.9 Å². The number of ether oxygens (including phenoxy) is 4. The molecule has 0 spiro atoms. The first-order valence-corrected chi connectivity index (χ1v) is 11.1. The minimum Gasteiger partial charge on any atom is -0.394 e. The fourth-order valence-electron chi connectivity index (χ4n) is 3.88. The molecular formula is C27H29FO5. The van der Waals surface area contributed by atoms with Gasteiger partial charge in [0.2, 0.25) is 6.36 Å². The lowest BCUT2D eigenvalue weighted by Gasteiger charge is -2.43. The average molecular weight is 453 g/mol. The summed E-state index contributed by atoms with van der Waals surface area (Å²) >= 11 is 0. The second-order valence-electron chi connectivity index (χ2n) is 7.99. The van der Waals surface area contributed by atoms with Gasteiger partial charge >= 0.3 is 0 Å². The molecule has 3 unspecified atom stereocenters. The van der Waals surface area contributed by atoms with Crippen LogP contribution in [0.4, 0.5) is 4.39 Å². The SMILES string of the molecule is OCC1OC(F)C(OCc2ccccc2)[C@@H](OCc2ccccc2)[C@H]1OCc1ccccc1. The lowest BCUT2D eigenvalue weighted by Crippen LogP contribution is -2.59. The molecule has 1 fully saturated rings. The van der Waals surface area contributed by atoms with Crippen molar-refractivity contribution < 1.29 is 28.4 Å². The van der Waals surface area contributed by atoms with Crippen molar-refractivity contribution in [2.24, 2.45) is 0 Å². The van der Waals surface area contributed by atoms with E-state index in [-0.39, 0.29) is 19.8 Å². The Morgan fingerprint density at radius 1 is 0.606 bits per heavy atom. The zero-order valence-electron chi connectivity index (χ0n) is 18.3. The highest BCUT2D eigenvalue weighted by molar-refractivity contribution is 5.15. The quantitative estimate of drug-likeness (QED) is 0.493. The molecule has 0 bridgehead atoms. The zero-order chi connectivity index (χ0) is 22.9. The Kier molecular flexibility index (Phi) is 8.58. The van der Waals surface area contributed by atoms with Gasteiger partial charge < -0.3 is 24.1 Å². The maximum atomic E-state index is 15.1. The van der Waals surface area contributed by atoms with E-state index in [9.17, 15) is 5.11 Å². The van der Waals surface area contributed by atoms with E-state index in [1.165, 1.54) is 0 Å². The minimum absolute atomic E-state index is 0.204. The van der Waals surface area contributed by atoms with Gasteiger partial charge in [0.05, 0.1) is 26.4 Å². The number of aliphatic hydroxyl groups is 1. The predicted octanol–water partition coefficient (Wildman–Crippen LogP) is 4.43. The first kappa shape index (κ1) is 23.5. The van der Waals surface area contributed by atoms with Crippen LogP contribution in [0.3, 0.4) is 0 Å². The van der Waals surface area contributed by atoms with E-state index < -0.39 is 37.4 Å². The van der Waals surface area contributed by atoms with Gasteiger partial charge in [-0.15, -0.1) is 0 Å². The Balaban J connectivity index is 1.53. The monoisotopic (exact) mass is 452 g/mol. The molecule has 33 heavy (non-hydrogen) atoms. The van der Waals surface area contributed by atoms with Crippen molar-refractivity contribution in [3.63, 3.8) is 0 Å². The van der Waals surface area contributed by atoms with Crippen molar-refractivity contribution in [3.05, 3.63) is 108 Å². The van der Waals surface area contributed by atoms with E-state index >= 15 is 4.39 Å². The summed E-state index contributed by atoms with van der Waals surface area (Å²) in [5.74, 6) is 0. The third-order valence-corrected chi connectivity index (χ3v) is 5.61. The van der Waals surface area contributed by atoms with Gasteiger partial charge in [0.25, 0.3) is 0 Å². The molecule has 1 N–H and O–H groups in total. The smallest absolute Gasteiger partial charge is 0.228 e. The summed E-state index contributed by atoms with van der Waals surface area (Å²) < 4.78 is 38.9. The van der Waals surface area contributed by atoms with Crippen molar-refractivity contribution in [2.75, 3.05) is 6.61 Å². The first-order valence-electron chi connectivity index (χ1n) is 11.1. The molecule has 174 valence electrons. The molecule has 0 radical (unpaired) electrons. The first-order chi connectivity index (χ1) is 16.2. The normalized spacial score (nSPS) is 25.1. The van der Waals surface area contributed by atoms with Crippen LogP contribution in [0.1, 0.15) is 16.7 Å². The van der Waals surface area contributed by atoms with Crippen LogP contribution in [0.2, 0.25) is 0 Å². The van der Waals surface area contributed by atoms with E-state index in [2.05, 4.69) is 0 Å². The van der Waals surface area contributed by atoms with Crippen LogP contribution >= 0.6 is 0 Å². The van der Waals surface area contributed by atoms with Gasteiger partial charge in [-0.3, -0.25) is 0 Å². The predicted molar refractivity (Wildman–Crippen MR) is 122 cm³/mol. The van der Waals surface area contributed by atoms with Gasteiger partial charge in [-0.1, -0.05) is 91.0 Å². The van der Waals surface area contributed by atoms with Crippen molar-refractivity contribution in [1.29, 1.82) is 0 Å². The van der Waals surface area contributed by atoms with Crippen LogP contribution in [-0.2, 0) is 38.8 Å². The minimum atomic E-state index is -1.76. The Morgan fingerprint density at radius 3 is 1.42 bits per heavy atom. The third-order valence-electron chi connectivity index (χ3n) is 5.61. The molecule has 5 atom stereocenters. The number of aliphatic hydroxyl groups excluding tert-OH is 1. The van der Waals surface area contributed by atoms with Gasteiger partial charge in [-0.05, 0) is 16.7 Å². The second-order valence-corrected chi connectivity index (χ2v) is 7.99. The van der Waals surface area contributed by atoms with Crippen LogP contribution in [-0.4, -0.2) is 42.5 Å². The molecule has 5 nitrogen and oxygen atoms in total. The summed E-state index contributed by atoms with van der Waals surface area (Å²) in [6, 6.07) is 28.9. The van der Waals surface area contributed by atoms with Crippen molar-refractivity contribution in [1.82, 2.24) is 0 Å². The topological polar surface area (TPSA) is 57.2 Å². The van der Waals surface area contributed by atoms with Gasteiger partial charge in [0.1, 0.15) is 24.4 Å². The van der Waals surface area contributed by atoms with Crippen LogP contribution in [0.15, 0.2) is 91.0 Å². The van der Waals surface area contributed by atoms with Crippen LogP contribution < -0.4 is 0 Å². The largest absolute Gasteiger partial charge is 0.394 e. The number of halogens is 1. The summed E-state index contributed by atoms with van der Waals surface area (Å²) in [6.45, 7) is 0.345. The van der Waals surface area contributed by atoms with Crippen molar-refractivity contribution >= 4 is 0 Å². The van der Waals surface area contributed by atoms with E-state index in [1.54, 1.807) is 0 Å². The van der Waals surface area contributed by atoms with Crippen LogP contribution in [0.5, 0.6) is 0 Å². The molecular weight excluding hydrogens is 423 g/mol. The fourth-order valence-corrected chi connectivity index (χ4v) is 3.88. The van der Waals surface area contributed by atoms with Gasteiger partial charge in [-0.25, -0.2) is 4.39 Å². The van der Waals surface area contributed by atoms with Crippen LogP contribution in [0, 0.1) is 0 Å². The molecule has 0 aromatic heterocycles. The van der Waals surface area contributed by atoms with Gasteiger partial charge in [0.15, 0.2) is 0 Å². The molecule has 1 aliphatic heterocycles.